The molecule has 0 bridgehead atoms. The lowest BCUT2D eigenvalue weighted by Gasteiger charge is -2.22. The highest BCUT2D eigenvalue weighted by Gasteiger charge is 2.29. The first kappa shape index (κ1) is 24.4. The molecule has 12 heteroatoms. The molecule has 1 aromatic rings. The largest absolute Gasteiger partial charge is 0.508 e. The fourth-order valence-corrected chi connectivity index (χ4v) is 2.46. The Morgan fingerprint density at radius 3 is 2.00 bits per heavy atom. The Kier molecular flexibility index (Phi) is 9.23. The van der Waals surface area contributed by atoms with Crippen LogP contribution in [0.3, 0.4) is 0 Å². The van der Waals surface area contributed by atoms with Gasteiger partial charge in [-0.1, -0.05) is 12.1 Å². The molecule has 0 aliphatic heterocycles. The summed E-state index contributed by atoms with van der Waals surface area (Å²) in [4.78, 5) is 57.9. The first-order chi connectivity index (χ1) is 14.0. The van der Waals surface area contributed by atoms with Gasteiger partial charge in [-0.15, -0.1) is 0 Å². The zero-order valence-corrected chi connectivity index (χ0v) is 15.9. The van der Waals surface area contributed by atoms with Gasteiger partial charge in [0.25, 0.3) is 0 Å². The minimum absolute atomic E-state index is 0.0154. The van der Waals surface area contributed by atoms with E-state index in [1.807, 2.05) is 0 Å². The lowest BCUT2D eigenvalue weighted by atomic mass is 10.0. The molecule has 3 atom stereocenters. The molecule has 9 N–H and O–H groups in total. The van der Waals surface area contributed by atoms with Gasteiger partial charge in [0.2, 0.25) is 17.7 Å². The molecular weight excluding hydrogens is 400 g/mol. The van der Waals surface area contributed by atoms with Gasteiger partial charge in [0.1, 0.15) is 17.8 Å². The number of carboxylic acid groups (broad SMARTS) is 2. The van der Waals surface area contributed by atoms with Crippen LogP contribution in [-0.2, 0) is 30.4 Å². The Hall–Kier alpha value is -3.67. The van der Waals surface area contributed by atoms with Crippen LogP contribution in [-0.4, -0.2) is 63.1 Å². The predicted octanol–water partition coefficient (Wildman–Crippen LogP) is -1.94. The number of hydrogen-bond donors (Lipinski definition) is 7. The molecule has 30 heavy (non-hydrogen) atoms. The number of aromatic hydroxyl groups is 1. The van der Waals surface area contributed by atoms with E-state index in [4.69, 9.17) is 16.6 Å². The van der Waals surface area contributed by atoms with Crippen molar-refractivity contribution in [1.29, 1.82) is 0 Å². The predicted molar refractivity (Wildman–Crippen MR) is 102 cm³/mol. The van der Waals surface area contributed by atoms with E-state index in [-0.39, 0.29) is 18.6 Å². The van der Waals surface area contributed by atoms with Crippen LogP contribution >= 0.6 is 0 Å². The van der Waals surface area contributed by atoms with Gasteiger partial charge in [-0.25, -0.2) is 4.79 Å². The van der Waals surface area contributed by atoms with Crippen molar-refractivity contribution in [3.63, 3.8) is 0 Å². The number of rotatable bonds is 12. The van der Waals surface area contributed by atoms with E-state index < -0.39 is 60.6 Å². The third-order valence-electron chi connectivity index (χ3n) is 4.03. The van der Waals surface area contributed by atoms with Crippen molar-refractivity contribution in [2.45, 2.75) is 43.8 Å². The molecule has 0 radical (unpaired) electrons. The summed E-state index contributed by atoms with van der Waals surface area (Å²) < 4.78 is 0. The number of carbonyl (C=O) groups is 5. The summed E-state index contributed by atoms with van der Waals surface area (Å²) in [5, 5.41) is 32.0. The molecule has 12 nitrogen and oxygen atoms in total. The molecule has 0 aliphatic rings. The summed E-state index contributed by atoms with van der Waals surface area (Å²) in [5.41, 5.74) is 11.0. The summed E-state index contributed by atoms with van der Waals surface area (Å²) in [7, 11) is 0. The summed E-state index contributed by atoms with van der Waals surface area (Å²) in [6.45, 7) is 0. The van der Waals surface area contributed by atoms with Crippen LogP contribution in [0.1, 0.15) is 24.8 Å². The Labute approximate surface area is 171 Å². The van der Waals surface area contributed by atoms with Crippen LogP contribution in [0.15, 0.2) is 24.3 Å². The van der Waals surface area contributed by atoms with Crippen molar-refractivity contribution < 1.29 is 39.3 Å². The van der Waals surface area contributed by atoms with Gasteiger partial charge in [0, 0.05) is 12.8 Å². The van der Waals surface area contributed by atoms with Crippen molar-refractivity contribution in [3.8, 4) is 5.75 Å². The zero-order valence-electron chi connectivity index (χ0n) is 15.9. The van der Waals surface area contributed by atoms with Crippen LogP contribution in [0.2, 0.25) is 0 Å². The molecule has 0 fully saturated rings. The molecule has 0 heterocycles. The molecule has 0 saturated heterocycles. The molecule has 0 aromatic heterocycles. The van der Waals surface area contributed by atoms with E-state index >= 15 is 0 Å². The zero-order chi connectivity index (χ0) is 22.8. The normalized spacial score (nSPS) is 13.5. The van der Waals surface area contributed by atoms with Gasteiger partial charge >= 0.3 is 11.9 Å². The second-order valence-electron chi connectivity index (χ2n) is 6.54. The minimum Gasteiger partial charge on any atom is -0.508 e. The Morgan fingerprint density at radius 1 is 0.933 bits per heavy atom. The first-order valence-corrected chi connectivity index (χ1v) is 8.86. The van der Waals surface area contributed by atoms with Crippen LogP contribution in [0.25, 0.3) is 0 Å². The van der Waals surface area contributed by atoms with Crippen LogP contribution in [0.4, 0.5) is 0 Å². The topological polar surface area (TPSA) is 222 Å². The van der Waals surface area contributed by atoms with E-state index in [0.717, 1.165) is 0 Å². The molecule has 164 valence electrons. The van der Waals surface area contributed by atoms with Crippen LogP contribution in [0.5, 0.6) is 5.75 Å². The number of nitrogens with one attached hydrogen (secondary N) is 2. The fourth-order valence-electron chi connectivity index (χ4n) is 2.46. The number of phenols is 1. The highest BCUT2D eigenvalue weighted by atomic mass is 16.4. The molecule has 1 aromatic carbocycles. The van der Waals surface area contributed by atoms with Crippen LogP contribution < -0.4 is 22.1 Å². The molecule has 0 saturated carbocycles. The summed E-state index contributed by atoms with van der Waals surface area (Å²) in [6.07, 6.45) is -1.43. The van der Waals surface area contributed by atoms with E-state index in [1.54, 1.807) is 0 Å². The molecule has 0 unspecified atom stereocenters. The van der Waals surface area contributed by atoms with Crippen LogP contribution in [0, 0.1) is 0 Å². The van der Waals surface area contributed by atoms with E-state index in [2.05, 4.69) is 10.6 Å². The standard InChI is InChI=1S/C18H24N4O8/c19-11(8-14(20)24)16(27)21-12(5-6-15(25)26)17(28)22-13(18(29)30)7-9-1-3-10(23)4-2-9/h1-4,11-13,23H,5-8,19H2,(H2,20,24)(H,21,27)(H,22,28)(H,25,26)(H,29,30)/t11-,12-,13-/m0/s1. The average Bonchev–Trinajstić information content (AvgIpc) is 2.65. The number of primary amides is 1. The SMILES string of the molecule is NC(=O)C[C@H](N)C(=O)N[C@@H](CCC(=O)O)C(=O)N[C@@H](Cc1ccc(O)cc1)C(=O)O. The summed E-state index contributed by atoms with van der Waals surface area (Å²) in [6, 6.07) is 1.53. The lowest BCUT2D eigenvalue weighted by Crippen LogP contribution is -2.55. The van der Waals surface area contributed by atoms with E-state index in [9.17, 15) is 34.2 Å². The maximum atomic E-state index is 12.5. The number of carbonyl (C=O) groups excluding carboxylic acids is 3. The van der Waals surface area contributed by atoms with E-state index in [0.29, 0.717) is 5.56 Å². The number of phenolic OH excluding ortho intramolecular Hbond substituents is 1. The number of carboxylic acids is 2. The van der Waals surface area contributed by atoms with Gasteiger partial charge < -0.3 is 37.4 Å². The van der Waals surface area contributed by atoms with Crippen molar-refractivity contribution >= 4 is 29.7 Å². The minimum atomic E-state index is -1.39. The summed E-state index contributed by atoms with van der Waals surface area (Å²) >= 11 is 0. The monoisotopic (exact) mass is 424 g/mol. The molecule has 0 aliphatic carbocycles. The fraction of sp³-hybridized carbons (Fsp3) is 0.389. The lowest BCUT2D eigenvalue weighted by molar-refractivity contribution is -0.143. The Bertz CT molecular complexity index is 796. The number of benzene rings is 1. The smallest absolute Gasteiger partial charge is 0.326 e. The Morgan fingerprint density at radius 2 is 1.50 bits per heavy atom. The molecule has 3 amide bonds. The van der Waals surface area contributed by atoms with Crippen molar-refractivity contribution in [3.05, 3.63) is 29.8 Å². The highest BCUT2D eigenvalue weighted by molar-refractivity contribution is 5.93. The van der Waals surface area contributed by atoms with Gasteiger partial charge in [-0.2, -0.15) is 0 Å². The second kappa shape index (κ2) is 11.4. The number of amides is 3. The van der Waals surface area contributed by atoms with Gasteiger partial charge in [-0.3, -0.25) is 19.2 Å². The third kappa shape index (κ3) is 8.56. The number of nitrogens with two attached hydrogens (primary N) is 2. The van der Waals surface area contributed by atoms with Crippen molar-refractivity contribution in [1.82, 2.24) is 10.6 Å². The summed E-state index contributed by atoms with van der Waals surface area (Å²) in [5.74, 6) is -5.29. The van der Waals surface area contributed by atoms with Gasteiger partial charge in [0.15, 0.2) is 0 Å². The maximum absolute atomic E-state index is 12.5. The average molecular weight is 424 g/mol. The van der Waals surface area contributed by atoms with Crippen molar-refractivity contribution in [2.24, 2.45) is 11.5 Å². The number of aliphatic carboxylic acids is 2. The highest BCUT2D eigenvalue weighted by Crippen LogP contribution is 2.12. The van der Waals surface area contributed by atoms with Gasteiger partial charge in [-0.05, 0) is 24.1 Å². The Balaban J connectivity index is 2.89. The molecule has 1 rings (SSSR count). The molecule has 0 spiro atoms. The van der Waals surface area contributed by atoms with Gasteiger partial charge in [0.05, 0.1) is 12.5 Å². The first-order valence-electron chi connectivity index (χ1n) is 8.86. The molecular formula is C18H24N4O8. The maximum Gasteiger partial charge on any atom is 0.326 e. The third-order valence-corrected chi connectivity index (χ3v) is 4.03. The second-order valence-corrected chi connectivity index (χ2v) is 6.54. The van der Waals surface area contributed by atoms with Crippen molar-refractivity contribution in [2.75, 3.05) is 0 Å². The van der Waals surface area contributed by atoms with E-state index in [1.165, 1.54) is 24.3 Å². The quantitative estimate of drug-likeness (QED) is 0.198. The number of hydrogen-bond acceptors (Lipinski definition) is 7.